The molecule has 194 valence electrons. The number of hydrogen-bond donors (Lipinski definition) is 0. The number of carboxylic acids is 2. The maximum atomic E-state index is 12.8. The minimum Gasteiger partial charge on any atom is -0.545 e. The van der Waals surface area contributed by atoms with Crippen molar-refractivity contribution in [3.8, 4) is 0 Å². The van der Waals surface area contributed by atoms with Crippen molar-refractivity contribution < 1.29 is 19.8 Å². The Bertz CT molecular complexity index is 1080. The molecule has 36 heavy (non-hydrogen) atoms. The molecule has 1 aromatic carbocycles. The van der Waals surface area contributed by atoms with Crippen LogP contribution < -0.4 is 10.2 Å². The molecular formula is C32H40O4-2. The van der Waals surface area contributed by atoms with Gasteiger partial charge in [-0.25, -0.2) is 0 Å². The molecule has 0 saturated heterocycles. The molecule has 4 atom stereocenters. The summed E-state index contributed by atoms with van der Waals surface area (Å²) < 4.78 is 0. The van der Waals surface area contributed by atoms with Crippen LogP contribution in [-0.2, 0) is 10.8 Å². The Hall–Kier alpha value is -1.84. The van der Waals surface area contributed by atoms with Crippen molar-refractivity contribution in [3.05, 3.63) is 34.4 Å². The van der Waals surface area contributed by atoms with Gasteiger partial charge in [0.2, 0.25) is 0 Å². The molecule has 8 bridgehead atoms. The third kappa shape index (κ3) is 3.05. The molecule has 0 N–H and O–H groups in total. The molecule has 0 spiro atoms. The average molecular weight is 489 g/mol. The normalized spacial score (nSPS) is 50.0. The summed E-state index contributed by atoms with van der Waals surface area (Å²) in [6.45, 7) is 9.60. The summed E-state index contributed by atoms with van der Waals surface area (Å²) >= 11 is 0. The quantitative estimate of drug-likeness (QED) is 0.603. The van der Waals surface area contributed by atoms with E-state index in [2.05, 4.69) is 27.7 Å². The second-order valence-electron chi connectivity index (χ2n) is 16.3. The van der Waals surface area contributed by atoms with Gasteiger partial charge in [-0.3, -0.25) is 0 Å². The second-order valence-corrected chi connectivity index (χ2v) is 16.3. The third-order valence-electron chi connectivity index (χ3n) is 12.0. The van der Waals surface area contributed by atoms with Crippen molar-refractivity contribution >= 4 is 11.9 Å². The predicted molar refractivity (Wildman–Crippen MR) is 133 cm³/mol. The van der Waals surface area contributed by atoms with Gasteiger partial charge in [0.1, 0.15) is 0 Å². The van der Waals surface area contributed by atoms with E-state index in [1.165, 1.54) is 38.5 Å². The van der Waals surface area contributed by atoms with E-state index >= 15 is 0 Å². The van der Waals surface area contributed by atoms with Crippen molar-refractivity contribution in [3.63, 3.8) is 0 Å². The van der Waals surface area contributed by atoms with Gasteiger partial charge >= 0.3 is 0 Å². The Morgan fingerprint density at radius 3 is 1.14 bits per heavy atom. The topological polar surface area (TPSA) is 80.3 Å². The van der Waals surface area contributed by atoms with Crippen LogP contribution in [0, 0.1) is 33.5 Å². The van der Waals surface area contributed by atoms with Gasteiger partial charge in [-0.2, -0.15) is 0 Å². The molecule has 4 unspecified atom stereocenters. The number of hydrogen-bond acceptors (Lipinski definition) is 4. The molecule has 0 aromatic heterocycles. The van der Waals surface area contributed by atoms with Gasteiger partial charge in [0.15, 0.2) is 0 Å². The van der Waals surface area contributed by atoms with Crippen LogP contribution in [0.2, 0.25) is 0 Å². The first-order valence-electron chi connectivity index (χ1n) is 14.3. The van der Waals surface area contributed by atoms with Crippen LogP contribution in [0.5, 0.6) is 0 Å². The Balaban J connectivity index is 1.53. The lowest BCUT2D eigenvalue weighted by molar-refractivity contribution is -0.257. The highest BCUT2D eigenvalue weighted by Crippen LogP contribution is 2.74. The highest BCUT2D eigenvalue weighted by molar-refractivity contribution is 5.94. The van der Waals surface area contributed by atoms with Crippen molar-refractivity contribution in [1.29, 1.82) is 0 Å². The number of carbonyl (C=O) groups excluding carboxylic acids is 2. The van der Waals surface area contributed by atoms with Crippen LogP contribution >= 0.6 is 0 Å². The van der Waals surface area contributed by atoms with Crippen LogP contribution in [0.15, 0.2) is 12.1 Å². The van der Waals surface area contributed by atoms with Crippen LogP contribution in [0.25, 0.3) is 0 Å². The van der Waals surface area contributed by atoms with Crippen LogP contribution in [0.3, 0.4) is 0 Å². The average Bonchev–Trinajstić information content (AvgIpc) is 2.67. The largest absolute Gasteiger partial charge is 0.545 e. The molecule has 0 radical (unpaired) electrons. The summed E-state index contributed by atoms with van der Waals surface area (Å²) in [5.41, 5.74) is 2.41. The number of aromatic carboxylic acids is 2. The van der Waals surface area contributed by atoms with E-state index in [9.17, 15) is 19.8 Å². The Morgan fingerprint density at radius 2 is 0.889 bits per heavy atom. The summed E-state index contributed by atoms with van der Waals surface area (Å²) in [6, 6.07) is 3.10. The fourth-order valence-electron chi connectivity index (χ4n) is 13.5. The lowest BCUT2D eigenvalue weighted by Gasteiger charge is -2.68. The van der Waals surface area contributed by atoms with Gasteiger partial charge < -0.3 is 19.8 Å². The Kier molecular flexibility index (Phi) is 4.26. The van der Waals surface area contributed by atoms with Gasteiger partial charge in [-0.15, -0.1) is 0 Å². The summed E-state index contributed by atoms with van der Waals surface area (Å²) in [4.78, 5) is 25.6. The first-order chi connectivity index (χ1) is 16.7. The molecule has 0 aliphatic heterocycles. The van der Waals surface area contributed by atoms with Gasteiger partial charge in [-0.05, 0) is 133 Å². The number of carboxylic acid groups (broad SMARTS) is 2. The first kappa shape index (κ1) is 23.3. The van der Waals surface area contributed by atoms with Crippen molar-refractivity contribution in [2.24, 2.45) is 33.5 Å². The molecule has 8 aliphatic carbocycles. The molecule has 8 saturated carbocycles. The maximum Gasteiger partial charge on any atom is 0.0718 e. The van der Waals surface area contributed by atoms with E-state index < -0.39 is 11.9 Å². The van der Waals surface area contributed by atoms with E-state index in [0.29, 0.717) is 11.8 Å². The fourth-order valence-corrected chi connectivity index (χ4v) is 13.5. The zero-order valence-electron chi connectivity index (χ0n) is 22.4. The third-order valence-corrected chi connectivity index (χ3v) is 12.0. The van der Waals surface area contributed by atoms with Gasteiger partial charge in [0.05, 0.1) is 11.9 Å². The van der Waals surface area contributed by atoms with Crippen molar-refractivity contribution in [2.45, 2.75) is 116 Å². The van der Waals surface area contributed by atoms with E-state index in [1.807, 2.05) is 0 Å². The first-order valence-corrected chi connectivity index (χ1v) is 14.3. The maximum absolute atomic E-state index is 12.8. The molecule has 9 rings (SSSR count). The second kappa shape index (κ2) is 6.59. The highest BCUT2D eigenvalue weighted by Gasteiger charge is 2.65. The predicted octanol–water partition coefficient (Wildman–Crippen LogP) is 4.91. The van der Waals surface area contributed by atoms with Gasteiger partial charge in [0, 0.05) is 11.1 Å². The number of benzene rings is 1. The number of carbonyl (C=O) groups is 2. The summed E-state index contributed by atoms with van der Waals surface area (Å²) in [7, 11) is 0. The molecule has 0 heterocycles. The van der Waals surface area contributed by atoms with E-state index in [4.69, 9.17) is 0 Å². The molecule has 8 aliphatic rings. The van der Waals surface area contributed by atoms with E-state index in [-0.39, 0.29) is 43.6 Å². The summed E-state index contributed by atoms with van der Waals surface area (Å²) in [6.07, 6.45) is 13.0. The van der Waals surface area contributed by atoms with E-state index in [0.717, 1.165) is 49.7 Å². The SMILES string of the molecule is CC12CC3CC(C)(C1)CC(c1c(C(=O)[O-])ccc(C(=O)[O-])c1C14CC5CC(C)(CC(C)(C5)C1)C4)(C3)C2. The Morgan fingerprint density at radius 1 is 0.583 bits per heavy atom. The summed E-state index contributed by atoms with van der Waals surface area (Å²) in [5, 5.41) is 25.6. The molecule has 8 fully saturated rings. The molecular weight excluding hydrogens is 448 g/mol. The smallest absolute Gasteiger partial charge is 0.0718 e. The number of rotatable bonds is 4. The molecule has 0 amide bonds. The van der Waals surface area contributed by atoms with Crippen LogP contribution in [-0.4, -0.2) is 11.9 Å². The molecule has 4 heteroatoms. The Labute approximate surface area is 215 Å². The monoisotopic (exact) mass is 488 g/mol. The van der Waals surface area contributed by atoms with Gasteiger partial charge in [0.25, 0.3) is 0 Å². The fraction of sp³-hybridized carbons (Fsp3) is 0.750. The molecule has 1 aromatic rings. The molecule has 4 nitrogen and oxygen atoms in total. The standard InChI is InChI=1S/C32H42O4/c1-27-7-19-8-28(2,13-27)16-31(11-19,15-27)23-21(25(33)34)5-6-22(26(35)36)24(23)32-12-20-9-29(3,17-32)14-30(4,10-20)18-32/h5-6,19-20H,7-18H2,1-4H3,(H,33,34)(H,35,36)/p-2. The van der Waals surface area contributed by atoms with Crippen LogP contribution in [0.4, 0.5) is 0 Å². The highest BCUT2D eigenvalue weighted by atomic mass is 16.4. The zero-order chi connectivity index (χ0) is 25.5. The lowest BCUT2D eigenvalue weighted by atomic mass is 9.36. The lowest BCUT2D eigenvalue weighted by Crippen LogP contribution is -2.60. The van der Waals surface area contributed by atoms with Gasteiger partial charge in [-0.1, -0.05) is 39.8 Å². The zero-order valence-corrected chi connectivity index (χ0v) is 22.4. The minimum absolute atomic E-state index is 0.186. The van der Waals surface area contributed by atoms with Crippen LogP contribution in [0.1, 0.15) is 137 Å². The van der Waals surface area contributed by atoms with E-state index in [1.54, 1.807) is 12.1 Å². The summed E-state index contributed by atoms with van der Waals surface area (Å²) in [5.74, 6) is -1.14. The van der Waals surface area contributed by atoms with Crippen molar-refractivity contribution in [2.75, 3.05) is 0 Å². The van der Waals surface area contributed by atoms with Crippen molar-refractivity contribution in [1.82, 2.24) is 0 Å². The minimum atomic E-state index is -1.15.